The minimum Gasteiger partial charge on any atom is -0.464 e. The van der Waals surface area contributed by atoms with E-state index < -0.39 is 16.9 Å². The van der Waals surface area contributed by atoms with Crippen molar-refractivity contribution < 1.29 is 19.2 Å². The summed E-state index contributed by atoms with van der Waals surface area (Å²) in [6.07, 6.45) is 1.79. The van der Waals surface area contributed by atoms with E-state index in [0.717, 1.165) is 16.5 Å². The van der Waals surface area contributed by atoms with Crippen LogP contribution in [0.3, 0.4) is 0 Å². The minimum absolute atomic E-state index is 0.0793. The quantitative estimate of drug-likeness (QED) is 0.393. The first-order chi connectivity index (χ1) is 12.0. The maximum Gasteiger partial charge on any atom is 0.329 e. The van der Waals surface area contributed by atoms with Gasteiger partial charge in [-0.25, -0.2) is 4.79 Å². The molecule has 25 heavy (non-hydrogen) atoms. The van der Waals surface area contributed by atoms with Gasteiger partial charge in [0.2, 0.25) is 6.54 Å². The van der Waals surface area contributed by atoms with Crippen molar-refractivity contribution in [3.8, 4) is 0 Å². The first-order valence-electron chi connectivity index (χ1n) is 8.49. The number of ether oxygens (including phenoxy) is 2. The number of aromatic nitrogens is 1. The summed E-state index contributed by atoms with van der Waals surface area (Å²) < 4.78 is 12.6. The fourth-order valence-electron chi connectivity index (χ4n) is 3.01. The first kappa shape index (κ1) is 18.9. The largest absolute Gasteiger partial charge is 0.464 e. The number of rotatable bonds is 9. The van der Waals surface area contributed by atoms with Crippen LogP contribution in [-0.2, 0) is 14.3 Å². The molecule has 7 heteroatoms. The topological polar surface area (TPSA) is 83.6 Å². The van der Waals surface area contributed by atoms with Gasteiger partial charge in [0.1, 0.15) is 6.04 Å². The zero-order chi connectivity index (χ0) is 18.4. The predicted molar refractivity (Wildman–Crippen MR) is 94.1 cm³/mol. The Bertz CT molecular complexity index is 740. The first-order valence-corrected chi connectivity index (χ1v) is 8.49. The number of carbonyl (C=O) groups excluding carboxylic acids is 1. The average molecular weight is 348 g/mol. The average Bonchev–Trinajstić information content (AvgIpc) is 2.99. The highest BCUT2D eigenvalue weighted by molar-refractivity contribution is 5.86. The van der Waals surface area contributed by atoms with Crippen molar-refractivity contribution in [1.29, 1.82) is 0 Å². The van der Waals surface area contributed by atoms with Gasteiger partial charge in [0, 0.05) is 35.1 Å². The summed E-state index contributed by atoms with van der Waals surface area (Å²) >= 11 is 0. The van der Waals surface area contributed by atoms with Crippen molar-refractivity contribution in [2.24, 2.45) is 0 Å². The smallest absolute Gasteiger partial charge is 0.329 e. The van der Waals surface area contributed by atoms with Crippen LogP contribution in [-0.4, -0.2) is 35.2 Å². The molecular formula is C18H24N2O5. The fourth-order valence-corrected chi connectivity index (χ4v) is 3.01. The van der Waals surface area contributed by atoms with E-state index in [9.17, 15) is 14.9 Å². The molecule has 0 spiro atoms. The number of hydrogen-bond donors (Lipinski definition) is 0. The van der Waals surface area contributed by atoms with Gasteiger partial charge < -0.3 is 14.0 Å². The molecule has 0 amide bonds. The van der Waals surface area contributed by atoms with E-state index in [1.54, 1.807) is 17.7 Å². The monoisotopic (exact) mass is 348 g/mol. The Morgan fingerprint density at radius 2 is 2.04 bits per heavy atom. The number of nitrogens with zero attached hydrogens (tertiary/aromatic N) is 2. The standard InChI is InChI=1S/C18H24N2O5/c1-4-24-13(3)14-7-6-8-16-15(14)9-11-19(16)17(10-12-20(22)23)18(21)25-5-2/h6-9,11,13,17H,4-5,10,12H2,1-3H3. The lowest BCUT2D eigenvalue weighted by molar-refractivity contribution is -0.481. The molecule has 2 atom stereocenters. The number of hydrogen-bond acceptors (Lipinski definition) is 5. The van der Waals surface area contributed by atoms with E-state index >= 15 is 0 Å². The molecule has 0 aliphatic heterocycles. The molecule has 7 nitrogen and oxygen atoms in total. The summed E-state index contributed by atoms with van der Waals surface area (Å²) in [5, 5.41) is 11.7. The second kappa shape index (κ2) is 8.62. The number of benzene rings is 1. The molecule has 136 valence electrons. The van der Waals surface area contributed by atoms with Gasteiger partial charge in [-0.15, -0.1) is 0 Å². The molecule has 0 aliphatic carbocycles. The second-order valence-corrected chi connectivity index (χ2v) is 5.71. The van der Waals surface area contributed by atoms with Crippen LogP contribution in [0.25, 0.3) is 10.9 Å². The molecule has 1 aromatic carbocycles. The Morgan fingerprint density at radius 3 is 2.68 bits per heavy atom. The van der Waals surface area contributed by atoms with E-state index in [2.05, 4.69) is 0 Å². The maximum atomic E-state index is 12.3. The van der Waals surface area contributed by atoms with Crippen molar-refractivity contribution in [1.82, 2.24) is 4.57 Å². The summed E-state index contributed by atoms with van der Waals surface area (Å²) in [4.78, 5) is 22.7. The molecule has 1 aromatic heterocycles. The van der Waals surface area contributed by atoms with Crippen LogP contribution in [0.4, 0.5) is 0 Å². The molecular weight excluding hydrogens is 324 g/mol. The molecule has 0 radical (unpaired) electrons. The molecule has 0 bridgehead atoms. The third-order valence-corrected chi connectivity index (χ3v) is 4.13. The minimum atomic E-state index is -0.722. The second-order valence-electron chi connectivity index (χ2n) is 5.71. The third kappa shape index (κ3) is 4.36. The molecule has 2 rings (SSSR count). The Morgan fingerprint density at radius 1 is 1.28 bits per heavy atom. The molecule has 2 aromatic rings. The lowest BCUT2D eigenvalue weighted by Gasteiger charge is -2.18. The fraction of sp³-hybridized carbons (Fsp3) is 0.500. The lowest BCUT2D eigenvalue weighted by Crippen LogP contribution is -2.24. The highest BCUT2D eigenvalue weighted by Gasteiger charge is 2.25. The zero-order valence-electron chi connectivity index (χ0n) is 14.8. The van der Waals surface area contributed by atoms with Crippen LogP contribution < -0.4 is 0 Å². The van der Waals surface area contributed by atoms with E-state index in [-0.39, 0.29) is 25.7 Å². The van der Waals surface area contributed by atoms with Crippen LogP contribution in [0.1, 0.15) is 44.9 Å². The molecule has 0 N–H and O–H groups in total. The van der Waals surface area contributed by atoms with Gasteiger partial charge in [0.25, 0.3) is 0 Å². The SMILES string of the molecule is CCOC(=O)C(CC[N+](=O)[O-])n1ccc2c(C(C)OCC)cccc21. The van der Waals surface area contributed by atoms with Gasteiger partial charge >= 0.3 is 5.97 Å². The van der Waals surface area contributed by atoms with E-state index in [0.29, 0.717) is 6.61 Å². The predicted octanol–water partition coefficient (Wildman–Crippen LogP) is 3.51. The van der Waals surface area contributed by atoms with Crippen molar-refractivity contribution in [2.75, 3.05) is 19.8 Å². The van der Waals surface area contributed by atoms with Crippen molar-refractivity contribution >= 4 is 16.9 Å². The molecule has 0 fully saturated rings. The molecule has 2 unspecified atom stereocenters. The summed E-state index contributed by atoms with van der Waals surface area (Å²) in [5.41, 5.74) is 1.86. The third-order valence-electron chi connectivity index (χ3n) is 4.13. The number of fused-ring (bicyclic) bond motifs is 1. The summed E-state index contributed by atoms with van der Waals surface area (Å²) in [5.74, 6) is -0.454. The van der Waals surface area contributed by atoms with Gasteiger partial charge in [-0.3, -0.25) is 10.1 Å². The summed E-state index contributed by atoms with van der Waals surface area (Å²) in [7, 11) is 0. The Kier molecular flexibility index (Phi) is 6.52. The number of nitro groups is 1. The normalized spacial score (nSPS) is 13.6. The zero-order valence-corrected chi connectivity index (χ0v) is 14.8. The van der Waals surface area contributed by atoms with Crippen LogP contribution in [0.2, 0.25) is 0 Å². The van der Waals surface area contributed by atoms with Gasteiger partial charge in [-0.1, -0.05) is 12.1 Å². The van der Waals surface area contributed by atoms with Crippen LogP contribution in [0.15, 0.2) is 30.5 Å². The highest BCUT2D eigenvalue weighted by Crippen LogP contribution is 2.30. The van der Waals surface area contributed by atoms with Gasteiger partial charge in [0.15, 0.2) is 0 Å². The molecule has 0 aliphatic rings. The summed E-state index contributed by atoms with van der Waals surface area (Å²) in [6.45, 7) is 6.18. The Hall–Kier alpha value is -2.41. The van der Waals surface area contributed by atoms with E-state index in [1.807, 2.05) is 38.1 Å². The summed E-state index contributed by atoms with van der Waals surface area (Å²) in [6, 6.07) is 6.98. The van der Waals surface area contributed by atoms with Gasteiger partial charge in [0.05, 0.1) is 12.7 Å². The van der Waals surface area contributed by atoms with Crippen molar-refractivity contribution in [2.45, 2.75) is 39.3 Å². The molecule has 1 heterocycles. The highest BCUT2D eigenvalue weighted by atomic mass is 16.6. The van der Waals surface area contributed by atoms with Gasteiger partial charge in [-0.05, 0) is 38.5 Å². The van der Waals surface area contributed by atoms with Crippen LogP contribution >= 0.6 is 0 Å². The lowest BCUT2D eigenvalue weighted by atomic mass is 10.1. The van der Waals surface area contributed by atoms with Crippen LogP contribution in [0, 0.1) is 10.1 Å². The molecule has 0 saturated carbocycles. The van der Waals surface area contributed by atoms with Crippen molar-refractivity contribution in [3.63, 3.8) is 0 Å². The maximum absolute atomic E-state index is 12.3. The molecule has 0 saturated heterocycles. The van der Waals surface area contributed by atoms with E-state index in [1.165, 1.54) is 0 Å². The van der Waals surface area contributed by atoms with Gasteiger partial charge in [-0.2, -0.15) is 0 Å². The van der Waals surface area contributed by atoms with E-state index in [4.69, 9.17) is 9.47 Å². The number of carbonyl (C=O) groups is 1. The van der Waals surface area contributed by atoms with Crippen LogP contribution in [0.5, 0.6) is 0 Å². The van der Waals surface area contributed by atoms with Crippen molar-refractivity contribution in [3.05, 3.63) is 46.1 Å². The Balaban J connectivity index is 2.43. The number of esters is 1. The Labute approximate surface area is 146 Å².